The first-order valence-electron chi connectivity index (χ1n) is 5.64. The predicted octanol–water partition coefficient (Wildman–Crippen LogP) is 2.06. The maximum Gasteiger partial charge on any atom is 0.322 e. The van der Waals surface area contributed by atoms with Crippen molar-refractivity contribution in [3.63, 3.8) is 0 Å². The summed E-state index contributed by atoms with van der Waals surface area (Å²) in [7, 11) is 1.35. The van der Waals surface area contributed by atoms with E-state index in [1.54, 1.807) is 6.07 Å². The van der Waals surface area contributed by atoms with E-state index in [9.17, 15) is 4.79 Å². The van der Waals surface area contributed by atoms with E-state index in [1.807, 2.05) is 18.2 Å². The summed E-state index contributed by atoms with van der Waals surface area (Å²) < 4.78 is 4.70. The third-order valence-electron chi connectivity index (χ3n) is 3.13. The summed E-state index contributed by atoms with van der Waals surface area (Å²) in [6, 6.07) is 8.93. The van der Waals surface area contributed by atoms with E-state index >= 15 is 0 Å². The van der Waals surface area contributed by atoms with E-state index < -0.39 is 6.04 Å². The Kier molecular flexibility index (Phi) is 3.85. The Labute approximate surface area is 111 Å². The molecule has 0 radical (unpaired) electrons. The van der Waals surface area contributed by atoms with E-state index in [2.05, 4.69) is 11.4 Å². The van der Waals surface area contributed by atoms with Crippen LogP contribution in [0.3, 0.4) is 0 Å². The summed E-state index contributed by atoms with van der Waals surface area (Å²) in [4.78, 5) is 11.5. The summed E-state index contributed by atoms with van der Waals surface area (Å²) >= 11 is 5.94. The standard InChI is InChI=1S/C13H13ClN2O2/c1-18-13(17)11-6-9(7-15)12(16-11)8-3-2-4-10(14)5-8/h2-5,9,11-12,16H,6H2,1H3/t9-,11+,12+/m1/s1. The number of hydrogen-bond acceptors (Lipinski definition) is 4. The number of esters is 1. The molecule has 1 aromatic rings. The molecule has 0 aliphatic carbocycles. The molecule has 0 amide bonds. The van der Waals surface area contributed by atoms with Gasteiger partial charge >= 0.3 is 5.97 Å². The van der Waals surface area contributed by atoms with Crippen molar-refractivity contribution in [3.8, 4) is 6.07 Å². The average molecular weight is 265 g/mol. The number of nitrogens with zero attached hydrogens (tertiary/aromatic N) is 1. The van der Waals surface area contributed by atoms with Gasteiger partial charge in [-0.15, -0.1) is 0 Å². The monoisotopic (exact) mass is 264 g/mol. The normalized spacial score (nSPS) is 26.6. The zero-order chi connectivity index (χ0) is 13.1. The molecule has 4 nitrogen and oxygen atoms in total. The van der Waals surface area contributed by atoms with E-state index in [0.29, 0.717) is 11.4 Å². The molecule has 0 spiro atoms. The molecule has 1 heterocycles. The minimum absolute atomic E-state index is 0.183. The van der Waals surface area contributed by atoms with Gasteiger partial charge in [0.1, 0.15) is 6.04 Å². The highest BCUT2D eigenvalue weighted by Gasteiger charge is 2.38. The number of methoxy groups -OCH3 is 1. The van der Waals surface area contributed by atoms with Crippen LogP contribution in [-0.2, 0) is 9.53 Å². The number of carbonyl (C=O) groups is 1. The first-order chi connectivity index (χ1) is 8.65. The highest BCUT2D eigenvalue weighted by Crippen LogP contribution is 2.33. The van der Waals surface area contributed by atoms with Crippen molar-refractivity contribution in [2.45, 2.75) is 18.5 Å². The van der Waals surface area contributed by atoms with Crippen LogP contribution in [0, 0.1) is 17.2 Å². The van der Waals surface area contributed by atoms with Gasteiger partial charge in [-0.2, -0.15) is 5.26 Å². The fraction of sp³-hybridized carbons (Fsp3) is 0.385. The zero-order valence-corrected chi connectivity index (χ0v) is 10.6. The van der Waals surface area contributed by atoms with Crippen LogP contribution in [0.2, 0.25) is 5.02 Å². The lowest BCUT2D eigenvalue weighted by Crippen LogP contribution is -2.33. The van der Waals surface area contributed by atoms with Gasteiger partial charge in [-0.1, -0.05) is 23.7 Å². The van der Waals surface area contributed by atoms with Gasteiger partial charge in [0.25, 0.3) is 0 Å². The van der Waals surface area contributed by atoms with Gasteiger partial charge in [0.05, 0.1) is 19.1 Å². The van der Waals surface area contributed by atoms with Crippen LogP contribution in [0.1, 0.15) is 18.0 Å². The second-order valence-electron chi connectivity index (χ2n) is 4.25. The minimum Gasteiger partial charge on any atom is -0.468 e. The zero-order valence-electron chi connectivity index (χ0n) is 9.89. The molecule has 2 rings (SSSR count). The second-order valence-corrected chi connectivity index (χ2v) is 4.68. The topological polar surface area (TPSA) is 62.1 Å². The second kappa shape index (κ2) is 5.38. The lowest BCUT2D eigenvalue weighted by atomic mass is 9.95. The molecule has 1 aliphatic rings. The Balaban J connectivity index is 2.23. The van der Waals surface area contributed by atoms with Crippen LogP contribution in [0.5, 0.6) is 0 Å². The molecule has 1 fully saturated rings. The fourth-order valence-corrected chi connectivity index (χ4v) is 2.45. The molecule has 5 heteroatoms. The van der Waals surface area contributed by atoms with Crippen molar-refractivity contribution in [1.82, 2.24) is 5.32 Å². The van der Waals surface area contributed by atoms with Crippen LogP contribution < -0.4 is 5.32 Å². The highest BCUT2D eigenvalue weighted by molar-refractivity contribution is 6.30. The number of hydrogen-bond donors (Lipinski definition) is 1. The summed E-state index contributed by atoms with van der Waals surface area (Å²) in [5, 5.41) is 12.9. The van der Waals surface area contributed by atoms with Gasteiger partial charge in [0.2, 0.25) is 0 Å². The van der Waals surface area contributed by atoms with Crippen LogP contribution in [0.4, 0.5) is 0 Å². The summed E-state index contributed by atoms with van der Waals surface area (Å²) in [5.74, 6) is -0.590. The number of ether oxygens (including phenoxy) is 1. The Morgan fingerprint density at radius 2 is 2.39 bits per heavy atom. The van der Waals surface area contributed by atoms with E-state index in [1.165, 1.54) is 7.11 Å². The van der Waals surface area contributed by atoms with Crippen LogP contribution in [-0.4, -0.2) is 19.1 Å². The molecule has 18 heavy (non-hydrogen) atoms. The maximum atomic E-state index is 11.5. The molecule has 0 unspecified atom stereocenters. The average Bonchev–Trinajstić information content (AvgIpc) is 2.82. The SMILES string of the molecule is COC(=O)[C@@H]1C[C@H](C#N)[C@H](c2cccc(Cl)c2)N1. The summed E-state index contributed by atoms with van der Waals surface area (Å²) in [6.45, 7) is 0. The molecule has 1 aromatic carbocycles. The van der Waals surface area contributed by atoms with Gasteiger partial charge in [0.15, 0.2) is 0 Å². The number of nitrogens with one attached hydrogen (secondary N) is 1. The smallest absolute Gasteiger partial charge is 0.322 e. The number of halogens is 1. The first-order valence-corrected chi connectivity index (χ1v) is 6.02. The van der Waals surface area contributed by atoms with Crippen LogP contribution in [0.15, 0.2) is 24.3 Å². The largest absolute Gasteiger partial charge is 0.468 e. The van der Waals surface area contributed by atoms with E-state index in [0.717, 1.165) is 5.56 Å². The minimum atomic E-state index is -0.427. The maximum absolute atomic E-state index is 11.5. The Bertz CT molecular complexity index is 498. The quantitative estimate of drug-likeness (QED) is 0.831. The lowest BCUT2D eigenvalue weighted by molar-refractivity contribution is -0.142. The number of benzene rings is 1. The third kappa shape index (κ3) is 2.47. The molecule has 0 aromatic heterocycles. The Morgan fingerprint density at radius 3 is 3.00 bits per heavy atom. The molecule has 94 valence electrons. The molecule has 1 saturated heterocycles. The molecule has 1 N–H and O–H groups in total. The van der Waals surface area contributed by atoms with Crippen molar-refractivity contribution in [1.29, 1.82) is 5.26 Å². The Hall–Kier alpha value is -1.57. The number of carbonyl (C=O) groups excluding carboxylic acids is 1. The molecular formula is C13H13ClN2O2. The number of rotatable bonds is 2. The lowest BCUT2D eigenvalue weighted by Gasteiger charge is -2.15. The Morgan fingerprint density at radius 1 is 1.61 bits per heavy atom. The van der Waals surface area contributed by atoms with Gasteiger partial charge in [-0.3, -0.25) is 10.1 Å². The summed E-state index contributed by atoms with van der Waals surface area (Å²) in [6.07, 6.45) is 0.459. The summed E-state index contributed by atoms with van der Waals surface area (Å²) in [5.41, 5.74) is 0.917. The van der Waals surface area contributed by atoms with Crippen molar-refractivity contribution in [2.24, 2.45) is 5.92 Å². The van der Waals surface area contributed by atoms with Gasteiger partial charge < -0.3 is 4.74 Å². The van der Waals surface area contributed by atoms with Crippen molar-refractivity contribution in [2.75, 3.05) is 7.11 Å². The molecule has 3 atom stereocenters. The van der Waals surface area contributed by atoms with E-state index in [4.69, 9.17) is 21.6 Å². The van der Waals surface area contributed by atoms with Crippen molar-refractivity contribution >= 4 is 17.6 Å². The molecule has 0 bridgehead atoms. The molecule has 0 saturated carbocycles. The van der Waals surface area contributed by atoms with Gasteiger partial charge in [0, 0.05) is 11.1 Å². The van der Waals surface area contributed by atoms with Crippen LogP contribution >= 0.6 is 11.6 Å². The van der Waals surface area contributed by atoms with Crippen LogP contribution in [0.25, 0.3) is 0 Å². The molecular weight excluding hydrogens is 252 g/mol. The number of nitriles is 1. The van der Waals surface area contributed by atoms with Gasteiger partial charge in [-0.25, -0.2) is 0 Å². The van der Waals surface area contributed by atoms with Crippen molar-refractivity contribution in [3.05, 3.63) is 34.9 Å². The molecule has 1 aliphatic heterocycles. The predicted molar refractivity (Wildman–Crippen MR) is 66.9 cm³/mol. The fourth-order valence-electron chi connectivity index (χ4n) is 2.25. The highest BCUT2D eigenvalue weighted by atomic mass is 35.5. The van der Waals surface area contributed by atoms with Gasteiger partial charge in [-0.05, 0) is 24.1 Å². The first kappa shape index (κ1) is 12.9. The third-order valence-corrected chi connectivity index (χ3v) is 3.37. The van der Waals surface area contributed by atoms with E-state index in [-0.39, 0.29) is 17.9 Å². The van der Waals surface area contributed by atoms with Crippen molar-refractivity contribution < 1.29 is 9.53 Å².